The maximum atomic E-state index is 5.95. The van der Waals surface area contributed by atoms with E-state index in [2.05, 4.69) is 45.7 Å². The van der Waals surface area contributed by atoms with Crippen molar-refractivity contribution in [1.82, 2.24) is 15.6 Å². The molecule has 3 rings (SSSR count). The van der Waals surface area contributed by atoms with Gasteiger partial charge in [0.1, 0.15) is 5.75 Å². The quantitative estimate of drug-likeness (QED) is 0.293. The number of ether oxygens (including phenoxy) is 2. The Morgan fingerprint density at radius 3 is 2.65 bits per heavy atom. The van der Waals surface area contributed by atoms with Crippen molar-refractivity contribution in [3.8, 4) is 17.1 Å². The first kappa shape index (κ1) is 22.4. The van der Waals surface area contributed by atoms with E-state index in [9.17, 15) is 0 Å². The highest BCUT2D eigenvalue weighted by atomic mass is 16.5. The molecule has 0 saturated carbocycles. The second-order valence-corrected chi connectivity index (χ2v) is 7.07. The Balaban J connectivity index is 1.53. The summed E-state index contributed by atoms with van der Waals surface area (Å²) in [6.45, 7) is 4.37. The van der Waals surface area contributed by atoms with Gasteiger partial charge in [0.25, 0.3) is 0 Å². The zero-order valence-corrected chi connectivity index (χ0v) is 18.4. The standard InChI is InChI=1S/C24H30N4O3/c1-18-10-11-20(21(14-18)30-13-7-12-29-3)15-27-24(25-2)28-17-23-26-16-22(31-23)19-8-5-4-6-9-19/h4-6,8-11,14,16H,7,12-13,15,17H2,1-3H3,(H2,25,27,28). The Hall–Kier alpha value is -3.32. The third-order valence-corrected chi connectivity index (χ3v) is 4.66. The average molecular weight is 423 g/mol. The summed E-state index contributed by atoms with van der Waals surface area (Å²) < 4.78 is 16.9. The molecule has 2 aromatic carbocycles. The number of rotatable bonds is 10. The van der Waals surface area contributed by atoms with Crippen LogP contribution in [0.15, 0.2) is 64.1 Å². The monoisotopic (exact) mass is 422 g/mol. The van der Waals surface area contributed by atoms with E-state index in [1.54, 1.807) is 20.4 Å². The van der Waals surface area contributed by atoms with Crippen LogP contribution >= 0.6 is 0 Å². The van der Waals surface area contributed by atoms with Gasteiger partial charge in [0, 0.05) is 44.9 Å². The topological polar surface area (TPSA) is 80.9 Å². The van der Waals surface area contributed by atoms with Crippen LogP contribution in [0.3, 0.4) is 0 Å². The van der Waals surface area contributed by atoms with E-state index in [1.807, 2.05) is 30.3 Å². The van der Waals surface area contributed by atoms with Crippen LogP contribution in [0.1, 0.15) is 23.4 Å². The zero-order valence-electron chi connectivity index (χ0n) is 18.4. The van der Waals surface area contributed by atoms with Crippen molar-refractivity contribution in [2.24, 2.45) is 4.99 Å². The lowest BCUT2D eigenvalue weighted by molar-refractivity contribution is 0.171. The Morgan fingerprint density at radius 2 is 1.87 bits per heavy atom. The highest BCUT2D eigenvalue weighted by Crippen LogP contribution is 2.21. The zero-order chi connectivity index (χ0) is 21.9. The number of benzene rings is 2. The summed E-state index contributed by atoms with van der Waals surface area (Å²) in [5, 5.41) is 6.56. The predicted octanol–water partition coefficient (Wildman–Crippen LogP) is 3.93. The van der Waals surface area contributed by atoms with E-state index >= 15 is 0 Å². The van der Waals surface area contributed by atoms with E-state index in [0.717, 1.165) is 34.6 Å². The Morgan fingerprint density at radius 1 is 1.06 bits per heavy atom. The van der Waals surface area contributed by atoms with Crippen molar-refractivity contribution >= 4 is 5.96 Å². The minimum atomic E-state index is 0.431. The number of oxazole rings is 1. The number of hydrogen-bond donors (Lipinski definition) is 2. The van der Waals surface area contributed by atoms with Crippen molar-refractivity contribution in [2.75, 3.05) is 27.4 Å². The van der Waals surface area contributed by atoms with Gasteiger partial charge in [-0.2, -0.15) is 0 Å². The summed E-state index contributed by atoms with van der Waals surface area (Å²) in [6, 6.07) is 16.1. The Labute approximate surface area is 183 Å². The van der Waals surface area contributed by atoms with Crippen LogP contribution < -0.4 is 15.4 Å². The van der Waals surface area contributed by atoms with Crippen LogP contribution in [0.4, 0.5) is 0 Å². The van der Waals surface area contributed by atoms with Crippen molar-refractivity contribution in [3.63, 3.8) is 0 Å². The number of aliphatic imine (C=N–C) groups is 1. The number of methoxy groups -OCH3 is 1. The molecule has 1 heterocycles. The van der Waals surface area contributed by atoms with Crippen LogP contribution in [0.2, 0.25) is 0 Å². The SMILES string of the molecule is CN=C(NCc1ncc(-c2ccccc2)o1)NCc1ccc(C)cc1OCCCOC. The van der Waals surface area contributed by atoms with E-state index < -0.39 is 0 Å². The smallest absolute Gasteiger partial charge is 0.214 e. The highest BCUT2D eigenvalue weighted by Gasteiger charge is 2.09. The van der Waals surface area contributed by atoms with Crippen LogP contribution in [-0.2, 0) is 17.8 Å². The molecule has 1 aromatic heterocycles. The molecule has 0 fully saturated rings. The molecule has 0 aliphatic carbocycles. The van der Waals surface area contributed by atoms with Crippen LogP contribution in [0.5, 0.6) is 5.75 Å². The third-order valence-electron chi connectivity index (χ3n) is 4.66. The molecule has 164 valence electrons. The van der Waals surface area contributed by atoms with Crippen molar-refractivity contribution in [2.45, 2.75) is 26.4 Å². The molecule has 7 nitrogen and oxygen atoms in total. The molecular formula is C24H30N4O3. The molecule has 3 aromatic rings. The average Bonchev–Trinajstić information content (AvgIpc) is 3.27. The van der Waals surface area contributed by atoms with Crippen molar-refractivity contribution < 1.29 is 13.9 Å². The maximum Gasteiger partial charge on any atom is 0.214 e. The second kappa shape index (κ2) is 11.8. The molecule has 0 atom stereocenters. The normalized spacial score (nSPS) is 11.4. The summed E-state index contributed by atoms with van der Waals surface area (Å²) in [5.74, 6) is 2.87. The molecule has 0 unspecified atom stereocenters. The van der Waals surface area contributed by atoms with Gasteiger partial charge in [0.2, 0.25) is 5.89 Å². The van der Waals surface area contributed by atoms with Crippen LogP contribution in [-0.4, -0.2) is 38.3 Å². The molecule has 2 N–H and O–H groups in total. The number of aryl methyl sites for hydroxylation is 1. The molecular weight excluding hydrogens is 392 g/mol. The van der Waals surface area contributed by atoms with Crippen LogP contribution in [0.25, 0.3) is 11.3 Å². The first-order valence-electron chi connectivity index (χ1n) is 10.4. The van der Waals surface area contributed by atoms with Gasteiger partial charge >= 0.3 is 0 Å². The second-order valence-electron chi connectivity index (χ2n) is 7.07. The first-order chi connectivity index (χ1) is 15.2. The molecule has 0 radical (unpaired) electrons. The summed E-state index contributed by atoms with van der Waals surface area (Å²) in [4.78, 5) is 8.63. The summed E-state index contributed by atoms with van der Waals surface area (Å²) in [6.07, 6.45) is 2.59. The van der Waals surface area contributed by atoms with Crippen molar-refractivity contribution in [3.05, 3.63) is 71.7 Å². The maximum absolute atomic E-state index is 5.95. The number of aromatic nitrogens is 1. The lowest BCUT2D eigenvalue weighted by Crippen LogP contribution is -2.36. The fourth-order valence-corrected chi connectivity index (χ4v) is 3.01. The lowest BCUT2D eigenvalue weighted by atomic mass is 10.1. The van der Waals surface area contributed by atoms with Gasteiger partial charge in [-0.25, -0.2) is 4.98 Å². The molecule has 0 aliphatic rings. The molecule has 0 aliphatic heterocycles. The fourth-order valence-electron chi connectivity index (χ4n) is 3.01. The number of hydrogen-bond acceptors (Lipinski definition) is 5. The Kier molecular flexibility index (Phi) is 8.48. The summed E-state index contributed by atoms with van der Waals surface area (Å²) >= 11 is 0. The van der Waals surface area contributed by atoms with Crippen LogP contribution in [0, 0.1) is 6.92 Å². The molecule has 31 heavy (non-hydrogen) atoms. The van der Waals surface area contributed by atoms with E-state index in [1.165, 1.54) is 0 Å². The minimum Gasteiger partial charge on any atom is -0.493 e. The van der Waals surface area contributed by atoms with Gasteiger partial charge in [0.05, 0.1) is 19.3 Å². The fraction of sp³-hybridized carbons (Fsp3) is 0.333. The minimum absolute atomic E-state index is 0.431. The van der Waals surface area contributed by atoms with Gasteiger partial charge < -0.3 is 24.5 Å². The van der Waals surface area contributed by atoms with Gasteiger partial charge in [-0.1, -0.05) is 42.5 Å². The number of nitrogens with one attached hydrogen (secondary N) is 2. The molecule has 0 spiro atoms. The largest absolute Gasteiger partial charge is 0.493 e. The predicted molar refractivity (Wildman–Crippen MR) is 122 cm³/mol. The summed E-state index contributed by atoms with van der Waals surface area (Å²) in [5.41, 5.74) is 3.22. The van der Waals surface area contributed by atoms with Gasteiger partial charge in [-0.15, -0.1) is 0 Å². The molecule has 7 heteroatoms. The summed E-state index contributed by atoms with van der Waals surface area (Å²) in [7, 11) is 3.43. The lowest BCUT2D eigenvalue weighted by Gasteiger charge is -2.15. The molecule has 0 saturated heterocycles. The highest BCUT2D eigenvalue weighted by molar-refractivity contribution is 5.79. The van der Waals surface area contributed by atoms with Gasteiger partial charge in [-0.3, -0.25) is 4.99 Å². The van der Waals surface area contributed by atoms with Crippen molar-refractivity contribution in [1.29, 1.82) is 0 Å². The van der Waals surface area contributed by atoms with Gasteiger partial charge in [-0.05, 0) is 18.6 Å². The third kappa shape index (κ3) is 6.86. The van der Waals surface area contributed by atoms with E-state index in [0.29, 0.717) is 38.2 Å². The first-order valence-corrected chi connectivity index (χ1v) is 10.4. The number of nitrogens with zero attached hydrogens (tertiary/aromatic N) is 2. The molecule has 0 amide bonds. The molecule has 0 bridgehead atoms. The van der Waals surface area contributed by atoms with E-state index in [-0.39, 0.29) is 0 Å². The Bertz CT molecular complexity index is 970. The van der Waals surface area contributed by atoms with E-state index in [4.69, 9.17) is 13.9 Å². The number of guanidine groups is 1. The van der Waals surface area contributed by atoms with Gasteiger partial charge in [0.15, 0.2) is 11.7 Å².